The third kappa shape index (κ3) is 1.46. The van der Waals surface area contributed by atoms with Crippen LogP contribution in [-0.4, -0.2) is 33.7 Å². The molecular formula is C7H12O4. The van der Waals surface area contributed by atoms with E-state index in [1.807, 2.05) is 0 Å². The van der Waals surface area contributed by atoms with Crippen LogP contribution in [0.4, 0.5) is 0 Å². The molecule has 1 rings (SSSR count). The van der Waals surface area contributed by atoms with Crippen molar-refractivity contribution in [3.05, 3.63) is 12.0 Å². The van der Waals surface area contributed by atoms with E-state index in [0.29, 0.717) is 5.76 Å². The molecule has 1 heterocycles. The molecule has 0 saturated heterocycles. The molecular weight excluding hydrogens is 148 g/mol. The fourth-order valence-electron chi connectivity index (χ4n) is 0.977. The average Bonchev–Trinajstić information content (AvgIpc) is 2.45. The molecule has 0 saturated carbocycles. The lowest BCUT2D eigenvalue weighted by atomic mass is 10.3. The number of hydrogen-bond acceptors (Lipinski definition) is 4. The lowest BCUT2D eigenvalue weighted by Crippen LogP contribution is -2.28. The van der Waals surface area contributed by atoms with E-state index >= 15 is 0 Å². The summed E-state index contributed by atoms with van der Waals surface area (Å²) in [4.78, 5) is 0. The summed E-state index contributed by atoms with van der Waals surface area (Å²) in [6, 6.07) is 0. The van der Waals surface area contributed by atoms with Gasteiger partial charge in [0.15, 0.2) is 11.9 Å². The first kappa shape index (κ1) is 8.36. The van der Waals surface area contributed by atoms with Crippen molar-refractivity contribution < 1.29 is 18.9 Å². The minimum Gasteiger partial charge on any atom is -0.495 e. The van der Waals surface area contributed by atoms with Crippen molar-refractivity contribution >= 4 is 0 Å². The summed E-state index contributed by atoms with van der Waals surface area (Å²) in [5.74, 6) is 0.652. The van der Waals surface area contributed by atoms with Crippen LogP contribution in [0.2, 0.25) is 0 Å². The van der Waals surface area contributed by atoms with Crippen LogP contribution in [0.3, 0.4) is 0 Å². The molecule has 0 amide bonds. The van der Waals surface area contributed by atoms with Gasteiger partial charge in [-0.1, -0.05) is 0 Å². The molecule has 11 heavy (non-hydrogen) atoms. The second-order valence-corrected chi connectivity index (χ2v) is 2.12. The molecule has 0 aromatic heterocycles. The first-order valence-electron chi connectivity index (χ1n) is 3.28. The Balaban J connectivity index is 2.57. The largest absolute Gasteiger partial charge is 0.495 e. The van der Waals surface area contributed by atoms with Gasteiger partial charge in [-0.05, 0) is 0 Å². The van der Waals surface area contributed by atoms with Gasteiger partial charge in [0.05, 0.1) is 7.11 Å². The average molecular weight is 160 g/mol. The third-order valence-electron chi connectivity index (χ3n) is 1.57. The summed E-state index contributed by atoms with van der Waals surface area (Å²) in [7, 11) is 4.71. The summed E-state index contributed by atoms with van der Waals surface area (Å²) < 4.78 is 20.1. The molecule has 0 aromatic rings. The van der Waals surface area contributed by atoms with E-state index in [9.17, 15) is 0 Å². The van der Waals surface area contributed by atoms with E-state index in [1.165, 1.54) is 6.26 Å². The fourth-order valence-corrected chi connectivity index (χ4v) is 0.977. The van der Waals surface area contributed by atoms with Gasteiger partial charge >= 0.3 is 0 Å². The molecule has 2 atom stereocenters. The lowest BCUT2D eigenvalue weighted by Gasteiger charge is -2.16. The number of hydrogen-bond donors (Lipinski definition) is 0. The van der Waals surface area contributed by atoms with E-state index < -0.39 is 0 Å². The van der Waals surface area contributed by atoms with Gasteiger partial charge in [0.25, 0.3) is 0 Å². The Hall–Kier alpha value is -0.740. The normalized spacial score (nSPS) is 29.5. The summed E-state index contributed by atoms with van der Waals surface area (Å²) in [5, 5.41) is 0. The van der Waals surface area contributed by atoms with Gasteiger partial charge in [-0.3, -0.25) is 0 Å². The fraction of sp³-hybridized carbons (Fsp3) is 0.714. The summed E-state index contributed by atoms with van der Waals surface area (Å²) >= 11 is 0. The van der Waals surface area contributed by atoms with Crippen LogP contribution in [0.5, 0.6) is 0 Å². The van der Waals surface area contributed by atoms with E-state index in [0.717, 1.165) is 0 Å². The van der Waals surface area contributed by atoms with Gasteiger partial charge in [-0.15, -0.1) is 0 Å². The predicted molar refractivity (Wildman–Crippen MR) is 37.8 cm³/mol. The van der Waals surface area contributed by atoms with Crippen molar-refractivity contribution in [1.82, 2.24) is 0 Å². The zero-order chi connectivity index (χ0) is 8.27. The molecule has 0 fully saturated rings. The maximum atomic E-state index is 5.07. The first-order valence-corrected chi connectivity index (χ1v) is 3.28. The first-order chi connectivity index (χ1) is 5.33. The quantitative estimate of drug-likeness (QED) is 0.602. The minimum atomic E-state index is -0.380. The van der Waals surface area contributed by atoms with E-state index in [2.05, 4.69) is 0 Å². The lowest BCUT2D eigenvalue weighted by molar-refractivity contribution is -0.134. The van der Waals surface area contributed by atoms with Crippen LogP contribution in [-0.2, 0) is 18.9 Å². The maximum Gasteiger partial charge on any atom is 0.232 e. The maximum absolute atomic E-state index is 5.07. The molecule has 0 aromatic carbocycles. The van der Waals surface area contributed by atoms with Crippen molar-refractivity contribution in [1.29, 1.82) is 0 Å². The highest BCUT2D eigenvalue weighted by atomic mass is 16.7. The van der Waals surface area contributed by atoms with Crippen LogP contribution in [0.15, 0.2) is 12.0 Å². The Morgan fingerprint density at radius 1 is 1.27 bits per heavy atom. The van der Waals surface area contributed by atoms with Crippen LogP contribution < -0.4 is 0 Å². The number of rotatable bonds is 3. The van der Waals surface area contributed by atoms with Crippen LogP contribution in [0.1, 0.15) is 0 Å². The topological polar surface area (TPSA) is 36.9 Å². The molecule has 1 aliphatic rings. The van der Waals surface area contributed by atoms with Crippen LogP contribution in [0.25, 0.3) is 0 Å². The molecule has 0 bridgehead atoms. The molecule has 0 aliphatic carbocycles. The third-order valence-corrected chi connectivity index (χ3v) is 1.57. The van der Waals surface area contributed by atoms with Crippen molar-refractivity contribution in [2.24, 2.45) is 0 Å². The monoisotopic (exact) mass is 160 g/mol. The van der Waals surface area contributed by atoms with Gasteiger partial charge < -0.3 is 18.9 Å². The smallest absolute Gasteiger partial charge is 0.232 e. The number of ether oxygens (including phenoxy) is 4. The highest BCUT2D eigenvalue weighted by Crippen LogP contribution is 2.21. The Kier molecular flexibility index (Phi) is 2.73. The molecule has 0 spiro atoms. The highest BCUT2D eigenvalue weighted by molar-refractivity contribution is 5.03. The molecule has 0 N–H and O–H groups in total. The molecule has 4 nitrogen and oxygen atoms in total. The highest BCUT2D eigenvalue weighted by Gasteiger charge is 2.32. The molecule has 4 heteroatoms. The Bertz CT molecular complexity index is 155. The van der Waals surface area contributed by atoms with Crippen molar-refractivity contribution in [2.75, 3.05) is 21.3 Å². The second kappa shape index (κ2) is 3.59. The van der Waals surface area contributed by atoms with E-state index in [-0.39, 0.29) is 12.4 Å². The van der Waals surface area contributed by atoms with Gasteiger partial charge in [0.1, 0.15) is 6.26 Å². The zero-order valence-electron chi connectivity index (χ0n) is 6.87. The Morgan fingerprint density at radius 2 is 2.00 bits per heavy atom. The van der Waals surface area contributed by atoms with Crippen molar-refractivity contribution in [3.8, 4) is 0 Å². The van der Waals surface area contributed by atoms with Crippen molar-refractivity contribution in [3.63, 3.8) is 0 Å². The molecule has 2 unspecified atom stereocenters. The van der Waals surface area contributed by atoms with Crippen LogP contribution >= 0.6 is 0 Å². The van der Waals surface area contributed by atoms with Gasteiger partial charge in [-0.25, -0.2) is 0 Å². The summed E-state index contributed by atoms with van der Waals surface area (Å²) in [6.45, 7) is 0. The zero-order valence-corrected chi connectivity index (χ0v) is 6.87. The SMILES string of the molecule is COC1=COC(OC)C1OC. The number of methoxy groups -OCH3 is 3. The molecule has 0 radical (unpaired) electrons. The van der Waals surface area contributed by atoms with E-state index in [1.54, 1.807) is 21.3 Å². The standard InChI is InChI=1S/C7H12O4/c1-8-5-4-11-7(10-3)6(5)9-2/h4,6-7H,1-3H3. The van der Waals surface area contributed by atoms with Crippen molar-refractivity contribution in [2.45, 2.75) is 12.4 Å². The summed E-state index contributed by atoms with van der Waals surface area (Å²) in [6.07, 6.45) is 0.877. The van der Waals surface area contributed by atoms with E-state index in [4.69, 9.17) is 18.9 Å². The Labute approximate surface area is 65.7 Å². The van der Waals surface area contributed by atoms with Crippen LogP contribution in [0, 0.1) is 0 Å². The molecule has 64 valence electrons. The van der Waals surface area contributed by atoms with Gasteiger partial charge in [0.2, 0.25) is 6.29 Å². The Morgan fingerprint density at radius 3 is 2.45 bits per heavy atom. The van der Waals surface area contributed by atoms with Gasteiger partial charge in [-0.2, -0.15) is 0 Å². The second-order valence-electron chi connectivity index (χ2n) is 2.12. The molecule has 1 aliphatic heterocycles. The van der Waals surface area contributed by atoms with Gasteiger partial charge in [0, 0.05) is 14.2 Å². The predicted octanol–water partition coefficient (Wildman–Crippen LogP) is 0.492. The minimum absolute atomic E-state index is 0.245. The summed E-state index contributed by atoms with van der Waals surface area (Å²) in [5.41, 5.74) is 0.